The highest BCUT2D eigenvalue weighted by molar-refractivity contribution is 5.95. The van der Waals surface area contributed by atoms with Gasteiger partial charge in [-0.2, -0.15) is 0 Å². The van der Waals surface area contributed by atoms with Gasteiger partial charge in [-0.3, -0.25) is 0 Å². The number of H-pyrrole nitrogens is 1. The maximum Gasteiger partial charge on any atom is 0.338 e. The third-order valence-corrected chi connectivity index (χ3v) is 5.84. The number of carbonyl (C=O) groups excluding carboxylic acids is 1. The van der Waals surface area contributed by atoms with Gasteiger partial charge in [-0.25, -0.2) is 9.78 Å². The zero-order valence-corrected chi connectivity index (χ0v) is 16.8. The lowest BCUT2D eigenvalue weighted by Gasteiger charge is -2.30. The smallest absolute Gasteiger partial charge is 0.338 e. The van der Waals surface area contributed by atoms with Crippen molar-refractivity contribution in [1.29, 1.82) is 0 Å². The van der Waals surface area contributed by atoms with Gasteiger partial charge in [-0.15, -0.1) is 0 Å². The summed E-state index contributed by atoms with van der Waals surface area (Å²) < 4.78 is 5.09. The van der Waals surface area contributed by atoms with Crippen LogP contribution in [0.25, 0.3) is 10.9 Å². The number of hydrogen-bond donors (Lipinski definition) is 3. The van der Waals surface area contributed by atoms with Gasteiger partial charge in [0.1, 0.15) is 17.9 Å². The molecule has 4 N–H and O–H groups in total. The summed E-state index contributed by atoms with van der Waals surface area (Å²) >= 11 is 0. The van der Waals surface area contributed by atoms with Gasteiger partial charge in [0.2, 0.25) is 5.52 Å². The van der Waals surface area contributed by atoms with Crippen molar-refractivity contribution in [3.05, 3.63) is 35.0 Å². The Hall–Kier alpha value is -2.18. The molecule has 1 aromatic heterocycles. The van der Waals surface area contributed by atoms with Crippen LogP contribution in [0.15, 0.2) is 18.2 Å². The second kappa shape index (κ2) is 8.23. The Morgan fingerprint density at radius 1 is 1.37 bits per heavy atom. The molecule has 6 nitrogen and oxygen atoms in total. The van der Waals surface area contributed by atoms with Crippen LogP contribution in [0.5, 0.6) is 5.75 Å². The lowest BCUT2D eigenvalue weighted by Crippen LogP contribution is -3.17. The van der Waals surface area contributed by atoms with Gasteiger partial charge in [0.15, 0.2) is 5.69 Å². The van der Waals surface area contributed by atoms with Crippen LogP contribution in [0.4, 0.5) is 0 Å². The van der Waals surface area contributed by atoms with E-state index in [0.717, 1.165) is 23.3 Å². The fraction of sp³-hybridized carbons (Fsp3) is 0.524. The Balaban J connectivity index is 1.89. The number of aromatic amines is 1. The van der Waals surface area contributed by atoms with Crippen LogP contribution in [0.1, 0.15) is 41.4 Å². The third kappa shape index (κ3) is 4.22. The Kier molecular flexibility index (Phi) is 5.97. The summed E-state index contributed by atoms with van der Waals surface area (Å²) in [4.78, 5) is 18.5. The first-order valence-electron chi connectivity index (χ1n) is 9.89. The third-order valence-electron chi connectivity index (χ3n) is 5.84. The molecule has 1 aliphatic rings. The van der Waals surface area contributed by atoms with E-state index in [1.165, 1.54) is 30.8 Å². The number of rotatable bonds is 5. The van der Waals surface area contributed by atoms with E-state index in [-0.39, 0.29) is 11.7 Å². The number of fused-ring (bicyclic) bond motifs is 1. The van der Waals surface area contributed by atoms with E-state index in [2.05, 4.69) is 19.1 Å². The molecule has 146 valence electrons. The second-order valence-corrected chi connectivity index (χ2v) is 7.81. The fourth-order valence-electron chi connectivity index (χ4n) is 4.05. The van der Waals surface area contributed by atoms with Crippen LogP contribution in [0.2, 0.25) is 0 Å². The highest BCUT2D eigenvalue weighted by atomic mass is 16.5. The number of nitrogens with one attached hydrogen (secondary N) is 3. The Morgan fingerprint density at radius 2 is 2.07 bits per heavy atom. The summed E-state index contributed by atoms with van der Waals surface area (Å²) in [6.07, 6.45) is 2.42. The van der Waals surface area contributed by atoms with Crippen LogP contribution in [-0.4, -0.2) is 50.9 Å². The second-order valence-electron chi connectivity index (χ2n) is 7.81. The molecule has 1 unspecified atom stereocenters. The zero-order chi connectivity index (χ0) is 19.6. The molecular weight excluding hydrogens is 342 g/mol. The number of aromatic hydroxyl groups is 1. The predicted octanol–water partition coefficient (Wildman–Crippen LogP) is -0.464. The van der Waals surface area contributed by atoms with E-state index < -0.39 is 0 Å². The standard InChI is InChI=1S/C21H29N3O3/c1-5-27-21(26)15-6-7-19-17(12-15)20(25)18(14(2)22-19)13-24(4)16-8-10-23(3)11-9-16/h6-7,12,16H,5,8-11,13H2,1-4H3,(H,22,25)/p+3. The molecule has 2 heterocycles. The van der Waals surface area contributed by atoms with Crippen molar-refractivity contribution >= 4 is 16.9 Å². The number of esters is 1. The Labute approximate surface area is 160 Å². The van der Waals surface area contributed by atoms with Crippen molar-refractivity contribution in [2.75, 3.05) is 33.8 Å². The first-order chi connectivity index (χ1) is 12.9. The molecular formula is C21H32N3O3+3. The molecule has 0 aliphatic carbocycles. The summed E-state index contributed by atoms with van der Waals surface area (Å²) in [5.41, 5.74) is 3.18. The quantitative estimate of drug-likeness (QED) is 0.620. The van der Waals surface area contributed by atoms with Crippen LogP contribution in [0, 0.1) is 6.92 Å². The van der Waals surface area contributed by atoms with E-state index >= 15 is 0 Å². The molecule has 1 atom stereocenters. The number of benzene rings is 1. The topological polar surface area (TPSA) is 69.5 Å². The highest BCUT2D eigenvalue weighted by Gasteiger charge is 2.29. The van der Waals surface area contributed by atoms with Crippen LogP contribution in [0.3, 0.4) is 0 Å². The summed E-state index contributed by atoms with van der Waals surface area (Å²) in [5, 5.41) is 11.6. The maximum atomic E-state index is 12.0. The van der Waals surface area contributed by atoms with Crippen LogP contribution < -0.4 is 14.8 Å². The first-order valence-corrected chi connectivity index (χ1v) is 9.89. The number of pyridine rings is 1. The van der Waals surface area contributed by atoms with E-state index in [9.17, 15) is 9.90 Å². The molecule has 27 heavy (non-hydrogen) atoms. The van der Waals surface area contributed by atoms with Crippen molar-refractivity contribution in [3.63, 3.8) is 0 Å². The SMILES string of the molecule is CCOC(=O)c1ccc2[nH+]c(C)c(C[NH+](C)C3CC[NH+](C)CC3)c(O)c2c1. The summed E-state index contributed by atoms with van der Waals surface area (Å²) in [6, 6.07) is 5.90. The lowest BCUT2D eigenvalue weighted by molar-refractivity contribution is -0.948. The number of quaternary nitrogens is 2. The van der Waals surface area contributed by atoms with Crippen molar-refractivity contribution in [2.24, 2.45) is 0 Å². The minimum absolute atomic E-state index is 0.269. The van der Waals surface area contributed by atoms with E-state index in [1.807, 2.05) is 13.0 Å². The number of aryl methyl sites for hydroxylation is 1. The summed E-state index contributed by atoms with van der Waals surface area (Å²) in [7, 11) is 4.46. The molecule has 0 saturated carbocycles. The maximum absolute atomic E-state index is 12.0. The van der Waals surface area contributed by atoms with Gasteiger partial charge in [0.25, 0.3) is 0 Å². The first kappa shape index (κ1) is 19.6. The van der Waals surface area contributed by atoms with E-state index in [4.69, 9.17) is 4.74 Å². The Bertz CT molecular complexity index is 829. The number of aromatic nitrogens is 1. The normalized spacial score (nSPS) is 21.2. The van der Waals surface area contributed by atoms with Gasteiger partial charge in [0, 0.05) is 25.8 Å². The van der Waals surface area contributed by atoms with Gasteiger partial charge in [0.05, 0.1) is 50.8 Å². The zero-order valence-electron chi connectivity index (χ0n) is 16.8. The molecule has 1 fully saturated rings. The molecule has 1 saturated heterocycles. The number of carbonyl (C=O) groups is 1. The number of piperidine rings is 1. The molecule has 3 rings (SSSR count). The predicted molar refractivity (Wildman–Crippen MR) is 103 cm³/mol. The average molecular weight is 375 g/mol. The van der Waals surface area contributed by atoms with Crippen molar-refractivity contribution in [2.45, 2.75) is 39.3 Å². The van der Waals surface area contributed by atoms with Crippen molar-refractivity contribution in [1.82, 2.24) is 0 Å². The molecule has 1 aromatic carbocycles. The minimum atomic E-state index is -0.363. The average Bonchev–Trinajstić information content (AvgIpc) is 2.65. The monoisotopic (exact) mass is 374 g/mol. The highest BCUT2D eigenvalue weighted by Crippen LogP contribution is 2.28. The van der Waals surface area contributed by atoms with Crippen molar-refractivity contribution < 1.29 is 29.4 Å². The molecule has 0 spiro atoms. The largest absolute Gasteiger partial charge is 0.506 e. The molecule has 6 heteroatoms. The molecule has 0 amide bonds. The summed E-state index contributed by atoms with van der Waals surface area (Å²) in [6.45, 7) is 7.30. The number of likely N-dealkylation sites (tertiary alicyclic amines) is 1. The lowest BCUT2D eigenvalue weighted by atomic mass is 10.0. The number of hydrogen-bond acceptors (Lipinski definition) is 3. The van der Waals surface area contributed by atoms with Crippen LogP contribution >= 0.6 is 0 Å². The molecule has 0 bridgehead atoms. The van der Waals surface area contributed by atoms with Gasteiger partial charge in [-0.1, -0.05) is 0 Å². The van der Waals surface area contributed by atoms with Gasteiger partial charge < -0.3 is 19.6 Å². The summed E-state index contributed by atoms with van der Waals surface area (Å²) in [5.74, 6) is -0.0946. The molecule has 1 aliphatic heterocycles. The van der Waals surface area contributed by atoms with Gasteiger partial charge in [-0.05, 0) is 19.1 Å². The van der Waals surface area contributed by atoms with Gasteiger partial charge >= 0.3 is 5.97 Å². The Morgan fingerprint density at radius 3 is 2.74 bits per heavy atom. The minimum Gasteiger partial charge on any atom is -0.506 e. The molecule has 0 radical (unpaired) electrons. The number of ether oxygens (including phenoxy) is 1. The van der Waals surface area contributed by atoms with E-state index in [1.54, 1.807) is 24.0 Å². The van der Waals surface area contributed by atoms with Crippen LogP contribution in [-0.2, 0) is 11.3 Å². The van der Waals surface area contributed by atoms with E-state index in [0.29, 0.717) is 23.6 Å². The van der Waals surface area contributed by atoms with Crippen molar-refractivity contribution in [3.8, 4) is 5.75 Å². The molecule has 2 aromatic rings. The fourth-order valence-corrected chi connectivity index (χ4v) is 4.05.